The van der Waals surface area contributed by atoms with Crippen molar-refractivity contribution in [1.29, 1.82) is 0 Å². The molecule has 0 amide bonds. The lowest BCUT2D eigenvalue weighted by Gasteiger charge is -2.32. The van der Waals surface area contributed by atoms with Crippen molar-refractivity contribution >= 4 is 11.4 Å². The zero-order valence-corrected chi connectivity index (χ0v) is 9.88. The largest absolute Gasteiger partial charge is 0.399 e. The molecular formula is C12H16F2N2O2. The quantitative estimate of drug-likeness (QED) is 0.719. The predicted molar refractivity (Wildman–Crippen MR) is 64.3 cm³/mol. The predicted octanol–water partition coefficient (Wildman–Crippen LogP) is 1.50. The number of anilines is 2. The van der Waals surface area contributed by atoms with Gasteiger partial charge in [0.25, 0.3) is 0 Å². The lowest BCUT2D eigenvalue weighted by molar-refractivity contribution is -0.0543. The summed E-state index contributed by atoms with van der Waals surface area (Å²) in [6, 6.07) is 2.08. The molecule has 0 spiro atoms. The minimum Gasteiger partial charge on any atom is -0.399 e. The summed E-state index contributed by atoms with van der Waals surface area (Å²) in [6.07, 6.45) is 0.885. The zero-order chi connectivity index (χ0) is 13.2. The summed E-state index contributed by atoms with van der Waals surface area (Å²) in [5, 5.41) is 12.8. The molecule has 0 radical (unpaired) electrons. The summed E-state index contributed by atoms with van der Waals surface area (Å²) in [4.78, 5) is 0. The Kier molecular flexibility index (Phi) is 3.68. The van der Waals surface area contributed by atoms with Crippen molar-refractivity contribution in [3.8, 4) is 0 Å². The number of halogens is 2. The van der Waals surface area contributed by atoms with Crippen LogP contribution >= 0.6 is 0 Å². The molecule has 0 aliphatic carbocycles. The Morgan fingerprint density at radius 2 is 1.83 bits per heavy atom. The lowest BCUT2D eigenvalue weighted by atomic mass is 9.94. The van der Waals surface area contributed by atoms with E-state index < -0.39 is 17.2 Å². The van der Waals surface area contributed by atoms with Gasteiger partial charge in [0.2, 0.25) is 0 Å². The molecule has 2 rings (SSSR count). The van der Waals surface area contributed by atoms with Crippen LogP contribution in [0.1, 0.15) is 12.8 Å². The van der Waals surface area contributed by atoms with E-state index in [4.69, 9.17) is 10.5 Å². The van der Waals surface area contributed by atoms with Gasteiger partial charge in [0, 0.05) is 38.3 Å². The molecule has 0 aromatic heterocycles. The van der Waals surface area contributed by atoms with Crippen LogP contribution in [0.4, 0.5) is 20.2 Å². The molecule has 1 aliphatic heterocycles. The van der Waals surface area contributed by atoms with Crippen LogP contribution in [0.15, 0.2) is 12.1 Å². The van der Waals surface area contributed by atoms with Crippen LogP contribution in [0.3, 0.4) is 0 Å². The highest BCUT2D eigenvalue weighted by Gasteiger charge is 2.30. The molecule has 4 N–H and O–H groups in total. The smallest absolute Gasteiger partial charge is 0.151 e. The van der Waals surface area contributed by atoms with Gasteiger partial charge in [-0.15, -0.1) is 0 Å². The van der Waals surface area contributed by atoms with Crippen molar-refractivity contribution in [2.24, 2.45) is 0 Å². The van der Waals surface area contributed by atoms with Crippen LogP contribution < -0.4 is 11.1 Å². The Bertz CT molecular complexity index is 411. The summed E-state index contributed by atoms with van der Waals surface area (Å²) >= 11 is 0. The average molecular weight is 258 g/mol. The maximum atomic E-state index is 13.5. The van der Waals surface area contributed by atoms with Gasteiger partial charge in [-0.05, 0) is 12.1 Å². The van der Waals surface area contributed by atoms with Gasteiger partial charge in [-0.1, -0.05) is 0 Å². The lowest BCUT2D eigenvalue weighted by Crippen LogP contribution is -2.42. The summed E-state index contributed by atoms with van der Waals surface area (Å²) in [5.41, 5.74) is 4.10. The number of ether oxygens (including phenoxy) is 1. The third kappa shape index (κ3) is 2.88. The van der Waals surface area contributed by atoms with E-state index in [9.17, 15) is 13.9 Å². The Balaban J connectivity index is 2.06. The van der Waals surface area contributed by atoms with E-state index in [2.05, 4.69) is 5.32 Å². The van der Waals surface area contributed by atoms with Gasteiger partial charge in [0.1, 0.15) is 5.69 Å². The van der Waals surface area contributed by atoms with E-state index >= 15 is 0 Å². The van der Waals surface area contributed by atoms with E-state index in [1.807, 2.05) is 0 Å². The minimum absolute atomic E-state index is 0.0281. The first-order chi connectivity index (χ1) is 8.50. The first-order valence-corrected chi connectivity index (χ1v) is 5.79. The third-order valence-electron chi connectivity index (χ3n) is 3.08. The molecule has 0 bridgehead atoms. The van der Waals surface area contributed by atoms with Gasteiger partial charge in [0.15, 0.2) is 11.6 Å². The molecular weight excluding hydrogens is 242 g/mol. The summed E-state index contributed by atoms with van der Waals surface area (Å²) in [7, 11) is 0. The molecule has 1 aromatic carbocycles. The van der Waals surface area contributed by atoms with Gasteiger partial charge in [-0.25, -0.2) is 8.78 Å². The Morgan fingerprint density at radius 3 is 2.39 bits per heavy atom. The molecule has 100 valence electrons. The monoisotopic (exact) mass is 258 g/mol. The van der Waals surface area contributed by atoms with E-state index in [1.54, 1.807) is 0 Å². The molecule has 0 atom stereocenters. The van der Waals surface area contributed by atoms with Crippen LogP contribution in [0.25, 0.3) is 0 Å². The number of hydrogen-bond donors (Lipinski definition) is 3. The van der Waals surface area contributed by atoms with Crippen molar-refractivity contribution in [2.75, 3.05) is 30.8 Å². The van der Waals surface area contributed by atoms with Crippen molar-refractivity contribution < 1.29 is 18.6 Å². The maximum absolute atomic E-state index is 13.5. The van der Waals surface area contributed by atoms with Crippen LogP contribution in [0.5, 0.6) is 0 Å². The molecule has 1 aromatic rings. The fourth-order valence-electron chi connectivity index (χ4n) is 1.94. The van der Waals surface area contributed by atoms with Crippen LogP contribution in [-0.4, -0.2) is 30.5 Å². The SMILES string of the molecule is Nc1cc(F)c(NCC2(O)CCOCC2)c(F)c1. The second kappa shape index (κ2) is 5.07. The number of nitrogen functional groups attached to an aromatic ring is 1. The Labute approximate surface area is 104 Å². The molecule has 0 saturated carbocycles. The first kappa shape index (κ1) is 13.0. The highest BCUT2D eigenvalue weighted by molar-refractivity contribution is 5.54. The second-order valence-electron chi connectivity index (χ2n) is 4.55. The van der Waals surface area contributed by atoms with E-state index in [1.165, 1.54) is 0 Å². The fourth-order valence-corrected chi connectivity index (χ4v) is 1.94. The van der Waals surface area contributed by atoms with Gasteiger partial charge >= 0.3 is 0 Å². The number of hydrogen-bond acceptors (Lipinski definition) is 4. The minimum atomic E-state index is -0.988. The number of rotatable bonds is 3. The fraction of sp³-hybridized carbons (Fsp3) is 0.500. The number of aliphatic hydroxyl groups is 1. The van der Waals surface area contributed by atoms with Gasteiger partial charge < -0.3 is 20.9 Å². The molecule has 0 unspecified atom stereocenters. The average Bonchev–Trinajstić information content (AvgIpc) is 2.28. The standard InChI is InChI=1S/C12H16F2N2O2/c13-9-5-8(15)6-10(14)11(9)16-7-12(17)1-3-18-4-2-12/h5-6,16-17H,1-4,7,15H2. The highest BCUT2D eigenvalue weighted by Crippen LogP contribution is 2.25. The van der Waals surface area contributed by atoms with Crippen molar-refractivity contribution in [3.05, 3.63) is 23.8 Å². The topological polar surface area (TPSA) is 67.5 Å². The van der Waals surface area contributed by atoms with Crippen LogP contribution in [0, 0.1) is 11.6 Å². The van der Waals surface area contributed by atoms with E-state index in [0.29, 0.717) is 26.1 Å². The molecule has 1 fully saturated rings. The van der Waals surface area contributed by atoms with Gasteiger partial charge in [-0.2, -0.15) is 0 Å². The molecule has 6 heteroatoms. The van der Waals surface area contributed by atoms with Gasteiger partial charge in [-0.3, -0.25) is 0 Å². The zero-order valence-electron chi connectivity index (χ0n) is 9.88. The van der Waals surface area contributed by atoms with Crippen LogP contribution in [-0.2, 0) is 4.74 Å². The molecule has 18 heavy (non-hydrogen) atoms. The highest BCUT2D eigenvalue weighted by atomic mass is 19.1. The Morgan fingerprint density at radius 1 is 1.28 bits per heavy atom. The molecule has 4 nitrogen and oxygen atoms in total. The third-order valence-corrected chi connectivity index (χ3v) is 3.08. The summed E-state index contributed by atoms with van der Waals surface area (Å²) in [6.45, 7) is 0.976. The molecule has 1 aliphatic rings. The van der Waals surface area contributed by atoms with Gasteiger partial charge in [0.05, 0.1) is 5.60 Å². The first-order valence-electron chi connectivity index (χ1n) is 5.79. The molecule has 1 saturated heterocycles. The number of benzene rings is 1. The van der Waals surface area contributed by atoms with E-state index in [-0.39, 0.29) is 17.9 Å². The van der Waals surface area contributed by atoms with Crippen molar-refractivity contribution in [3.63, 3.8) is 0 Å². The van der Waals surface area contributed by atoms with Crippen molar-refractivity contribution in [2.45, 2.75) is 18.4 Å². The molecule has 1 heterocycles. The van der Waals surface area contributed by atoms with Crippen molar-refractivity contribution in [1.82, 2.24) is 0 Å². The summed E-state index contributed by atoms with van der Waals surface area (Å²) < 4.78 is 32.1. The normalized spacial score (nSPS) is 18.6. The van der Waals surface area contributed by atoms with Crippen LogP contribution in [0.2, 0.25) is 0 Å². The maximum Gasteiger partial charge on any atom is 0.151 e. The Hall–Kier alpha value is -1.40. The number of nitrogens with one attached hydrogen (secondary N) is 1. The second-order valence-corrected chi connectivity index (χ2v) is 4.55. The van der Waals surface area contributed by atoms with E-state index in [0.717, 1.165) is 12.1 Å². The number of nitrogens with two attached hydrogens (primary N) is 1. The summed E-state index contributed by atoms with van der Waals surface area (Å²) in [5.74, 6) is -1.52.